The van der Waals surface area contributed by atoms with Gasteiger partial charge in [0.1, 0.15) is 11.9 Å². The number of hydrogen-bond donors (Lipinski definition) is 0. The molecular weight excluding hydrogens is 358 g/mol. The standard InChI is InChI=1S/C17H15N3O7/c21-17(27-15-7-5-14(6-8-15)20(24)25)18-9-10-26-16(11-18)12-1-3-13(4-2-12)19(22)23/h1-8,16H,9-11H2/t16-/m0/s1. The van der Waals surface area contributed by atoms with Crippen molar-refractivity contribution in [3.05, 3.63) is 74.3 Å². The largest absolute Gasteiger partial charge is 0.415 e. The Bertz CT molecular complexity index is 852. The van der Waals surface area contributed by atoms with Gasteiger partial charge in [-0.15, -0.1) is 0 Å². The molecule has 2 aromatic rings. The van der Waals surface area contributed by atoms with Crippen LogP contribution in [0.1, 0.15) is 11.7 Å². The van der Waals surface area contributed by atoms with E-state index in [9.17, 15) is 25.0 Å². The fraction of sp³-hybridized carbons (Fsp3) is 0.235. The molecule has 0 saturated carbocycles. The van der Waals surface area contributed by atoms with Gasteiger partial charge in [0.2, 0.25) is 0 Å². The molecule has 0 radical (unpaired) electrons. The molecule has 10 heteroatoms. The molecule has 0 unspecified atom stereocenters. The van der Waals surface area contributed by atoms with Crippen LogP contribution in [-0.4, -0.2) is 40.5 Å². The molecule has 1 heterocycles. The van der Waals surface area contributed by atoms with Crippen molar-refractivity contribution in [2.24, 2.45) is 0 Å². The first-order chi connectivity index (χ1) is 12.9. The van der Waals surface area contributed by atoms with Gasteiger partial charge < -0.3 is 14.4 Å². The Morgan fingerprint density at radius 1 is 1.00 bits per heavy atom. The van der Waals surface area contributed by atoms with Gasteiger partial charge in [-0.25, -0.2) is 4.79 Å². The van der Waals surface area contributed by atoms with E-state index in [4.69, 9.17) is 9.47 Å². The van der Waals surface area contributed by atoms with Crippen LogP contribution < -0.4 is 4.74 Å². The maximum absolute atomic E-state index is 12.3. The fourth-order valence-corrected chi connectivity index (χ4v) is 2.63. The van der Waals surface area contributed by atoms with Crippen LogP contribution in [0, 0.1) is 20.2 Å². The Hall–Kier alpha value is -3.53. The molecule has 0 bridgehead atoms. The minimum absolute atomic E-state index is 0.0241. The third-order valence-electron chi connectivity index (χ3n) is 4.05. The number of morpholine rings is 1. The highest BCUT2D eigenvalue weighted by Gasteiger charge is 2.27. The SMILES string of the molecule is O=C(Oc1ccc([N+](=O)[O-])cc1)N1CCO[C@H](c2ccc([N+](=O)[O-])cc2)C1. The average molecular weight is 373 g/mol. The fourth-order valence-electron chi connectivity index (χ4n) is 2.63. The van der Waals surface area contributed by atoms with Crippen molar-refractivity contribution < 1.29 is 24.1 Å². The zero-order chi connectivity index (χ0) is 19.4. The summed E-state index contributed by atoms with van der Waals surface area (Å²) in [4.78, 5) is 34.1. The second-order valence-electron chi connectivity index (χ2n) is 5.77. The number of amides is 1. The number of carbonyl (C=O) groups excluding carboxylic acids is 1. The van der Waals surface area contributed by atoms with Gasteiger partial charge in [0.25, 0.3) is 11.4 Å². The van der Waals surface area contributed by atoms with Crippen LogP contribution in [0.4, 0.5) is 16.2 Å². The summed E-state index contributed by atoms with van der Waals surface area (Å²) >= 11 is 0. The smallest absolute Gasteiger partial charge is 0.410 e. The molecule has 10 nitrogen and oxygen atoms in total. The number of benzene rings is 2. The number of nitro benzene ring substituents is 2. The van der Waals surface area contributed by atoms with Crippen molar-refractivity contribution in [3.8, 4) is 5.75 Å². The Balaban J connectivity index is 1.63. The van der Waals surface area contributed by atoms with Crippen molar-refractivity contribution in [3.63, 3.8) is 0 Å². The highest BCUT2D eigenvalue weighted by atomic mass is 16.6. The molecule has 0 spiro atoms. The molecule has 1 aliphatic heterocycles. The highest BCUT2D eigenvalue weighted by molar-refractivity contribution is 5.71. The second-order valence-corrected chi connectivity index (χ2v) is 5.77. The topological polar surface area (TPSA) is 125 Å². The highest BCUT2D eigenvalue weighted by Crippen LogP contribution is 2.25. The lowest BCUT2D eigenvalue weighted by Gasteiger charge is -2.32. The summed E-state index contributed by atoms with van der Waals surface area (Å²) in [6.45, 7) is 0.843. The third-order valence-corrected chi connectivity index (χ3v) is 4.05. The van der Waals surface area contributed by atoms with Crippen LogP contribution in [-0.2, 0) is 4.74 Å². The van der Waals surface area contributed by atoms with Crippen molar-refractivity contribution in [1.29, 1.82) is 0 Å². The Labute approximate surface area is 153 Å². The van der Waals surface area contributed by atoms with E-state index in [1.165, 1.54) is 41.3 Å². The molecule has 0 aromatic heterocycles. The molecule has 140 valence electrons. The predicted molar refractivity (Wildman–Crippen MR) is 92.5 cm³/mol. The van der Waals surface area contributed by atoms with E-state index < -0.39 is 22.0 Å². The molecule has 0 N–H and O–H groups in total. The summed E-state index contributed by atoms with van der Waals surface area (Å²) in [7, 11) is 0. The van der Waals surface area contributed by atoms with Crippen LogP contribution in [0.25, 0.3) is 0 Å². The van der Waals surface area contributed by atoms with E-state index in [2.05, 4.69) is 0 Å². The second kappa shape index (κ2) is 7.79. The molecule has 1 fully saturated rings. The maximum atomic E-state index is 12.3. The van der Waals surface area contributed by atoms with Gasteiger partial charge in [-0.3, -0.25) is 20.2 Å². The quantitative estimate of drug-likeness (QED) is 0.595. The normalized spacial score (nSPS) is 16.6. The van der Waals surface area contributed by atoms with E-state index in [-0.39, 0.29) is 30.3 Å². The first-order valence-corrected chi connectivity index (χ1v) is 8.01. The van der Waals surface area contributed by atoms with Crippen molar-refractivity contribution >= 4 is 17.5 Å². The van der Waals surface area contributed by atoms with Crippen LogP contribution >= 0.6 is 0 Å². The van der Waals surface area contributed by atoms with Gasteiger partial charge in [0.15, 0.2) is 0 Å². The zero-order valence-corrected chi connectivity index (χ0v) is 14.0. The first kappa shape index (κ1) is 18.3. The van der Waals surface area contributed by atoms with Crippen molar-refractivity contribution in [2.45, 2.75) is 6.10 Å². The molecule has 27 heavy (non-hydrogen) atoms. The molecule has 1 aliphatic rings. The van der Waals surface area contributed by atoms with Crippen molar-refractivity contribution in [2.75, 3.05) is 19.7 Å². The molecule has 3 rings (SSSR count). The molecule has 2 aromatic carbocycles. The van der Waals surface area contributed by atoms with Gasteiger partial charge in [-0.05, 0) is 29.8 Å². The van der Waals surface area contributed by atoms with Crippen molar-refractivity contribution in [1.82, 2.24) is 4.90 Å². The monoisotopic (exact) mass is 373 g/mol. The molecule has 1 atom stereocenters. The van der Waals surface area contributed by atoms with E-state index >= 15 is 0 Å². The number of nitrogens with zero attached hydrogens (tertiary/aromatic N) is 3. The zero-order valence-electron chi connectivity index (χ0n) is 14.0. The maximum Gasteiger partial charge on any atom is 0.415 e. The van der Waals surface area contributed by atoms with Gasteiger partial charge in [-0.2, -0.15) is 0 Å². The molecule has 1 amide bonds. The summed E-state index contributed by atoms with van der Waals surface area (Å²) in [5.74, 6) is 0.198. The summed E-state index contributed by atoms with van der Waals surface area (Å²) in [6.07, 6.45) is -1.02. The molecule has 1 saturated heterocycles. The number of nitro groups is 2. The molecule has 0 aliphatic carbocycles. The van der Waals surface area contributed by atoms with Crippen LogP contribution in [0.2, 0.25) is 0 Å². The summed E-state index contributed by atoms with van der Waals surface area (Å²) in [5.41, 5.74) is 0.594. The van der Waals surface area contributed by atoms with Gasteiger partial charge >= 0.3 is 6.09 Å². The van der Waals surface area contributed by atoms with E-state index in [0.717, 1.165) is 0 Å². The lowest BCUT2D eigenvalue weighted by atomic mass is 10.1. The number of ether oxygens (including phenoxy) is 2. The van der Waals surface area contributed by atoms with Crippen LogP contribution in [0.15, 0.2) is 48.5 Å². The summed E-state index contributed by atoms with van der Waals surface area (Å²) < 4.78 is 10.9. The third kappa shape index (κ3) is 4.36. The minimum Gasteiger partial charge on any atom is -0.410 e. The number of non-ortho nitro benzene ring substituents is 2. The lowest BCUT2D eigenvalue weighted by Crippen LogP contribution is -2.43. The first-order valence-electron chi connectivity index (χ1n) is 8.01. The predicted octanol–water partition coefficient (Wildman–Crippen LogP) is 3.08. The summed E-state index contributed by atoms with van der Waals surface area (Å²) in [5, 5.41) is 21.4. The Kier molecular flexibility index (Phi) is 5.27. The minimum atomic E-state index is -0.598. The lowest BCUT2D eigenvalue weighted by molar-refractivity contribution is -0.385. The number of rotatable bonds is 4. The number of hydrogen-bond acceptors (Lipinski definition) is 7. The van der Waals surface area contributed by atoms with Gasteiger partial charge in [0.05, 0.1) is 23.0 Å². The van der Waals surface area contributed by atoms with E-state index in [1.807, 2.05) is 0 Å². The van der Waals surface area contributed by atoms with Crippen LogP contribution in [0.3, 0.4) is 0 Å². The van der Waals surface area contributed by atoms with Gasteiger partial charge in [0, 0.05) is 30.8 Å². The molecular formula is C17H15N3O7. The average Bonchev–Trinajstić information content (AvgIpc) is 2.68. The Morgan fingerprint density at radius 2 is 1.56 bits per heavy atom. The number of carbonyl (C=O) groups is 1. The van der Waals surface area contributed by atoms with E-state index in [1.54, 1.807) is 12.1 Å². The van der Waals surface area contributed by atoms with E-state index in [0.29, 0.717) is 12.1 Å². The Morgan fingerprint density at radius 3 is 2.11 bits per heavy atom. The summed E-state index contributed by atoms with van der Waals surface area (Å²) in [6, 6.07) is 11.2. The van der Waals surface area contributed by atoms with Crippen LogP contribution in [0.5, 0.6) is 5.75 Å². The van der Waals surface area contributed by atoms with Gasteiger partial charge in [-0.1, -0.05) is 0 Å².